The van der Waals surface area contributed by atoms with Crippen molar-refractivity contribution in [2.75, 3.05) is 5.75 Å². The van der Waals surface area contributed by atoms with Crippen LogP contribution in [0.2, 0.25) is 0 Å². The van der Waals surface area contributed by atoms with Gasteiger partial charge in [-0.15, -0.1) is 28.3 Å². The fourth-order valence-corrected chi connectivity index (χ4v) is 3.33. The van der Waals surface area contributed by atoms with Gasteiger partial charge >= 0.3 is 0 Å². The first kappa shape index (κ1) is 15.3. The van der Waals surface area contributed by atoms with Gasteiger partial charge in [-0.25, -0.2) is 4.98 Å². The minimum atomic E-state index is 0. The fourth-order valence-electron chi connectivity index (χ4n) is 1.81. The number of aromatic amines is 1. The highest BCUT2D eigenvalue weighted by atomic mass is 79.9. The predicted octanol–water partition coefficient (Wildman–Crippen LogP) is 4.49. The van der Waals surface area contributed by atoms with Gasteiger partial charge < -0.3 is 4.98 Å². The molecule has 0 aliphatic heterocycles. The van der Waals surface area contributed by atoms with Crippen molar-refractivity contribution in [2.24, 2.45) is 0 Å². The molecule has 1 aromatic carbocycles. The molecule has 0 saturated carbocycles. The lowest BCUT2D eigenvalue weighted by molar-refractivity contribution is 0.102. The van der Waals surface area contributed by atoms with E-state index in [1.54, 1.807) is 0 Å². The van der Waals surface area contributed by atoms with Crippen LogP contribution in [0, 0.1) is 6.92 Å². The maximum absolute atomic E-state index is 11.9. The molecule has 0 fully saturated rings. The van der Waals surface area contributed by atoms with Gasteiger partial charge in [0, 0.05) is 0 Å². The number of hydrogen-bond donors (Lipinski definition) is 1. The monoisotopic (exact) mass is 368 g/mol. The molecule has 2 aromatic heterocycles. The quantitative estimate of drug-likeness (QED) is 0.545. The van der Waals surface area contributed by atoms with Crippen molar-refractivity contribution in [3.63, 3.8) is 0 Å². The summed E-state index contributed by atoms with van der Waals surface area (Å²) in [6, 6.07) is 9.84. The Morgan fingerprint density at radius 1 is 1.40 bits per heavy atom. The number of carbonyl (C=O) groups is 1. The number of carbonyl (C=O) groups excluding carboxylic acids is 1. The van der Waals surface area contributed by atoms with E-state index in [2.05, 4.69) is 16.0 Å². The van der Waals surface area contributed by atoms with E-state index in [4.69, 9.17) is 0 Å². The Hall–Kier alpha value is -1.11. The zero-order valence-corrected chi connectivity index (χ0v) is 14.1. The highest BCUT2D eigenvalue weighted by Gasteiger charge is 2.09. The number of thioether (sulfide) groups is 1. The Labute approximate surface area is 135 Å². The van der Waals surface area contributed by atoms with E-state index in [1.165, 1.54) is 28.7 Å². The summed E-state index contributed by atoms with van der Waals surface area (Å²) in [6.45, 7) is 2.05. The van der Waals surface area contributed by atoms with Crippen molar-refractivity contribution in [3.8, 4) is 0 Å². The second-order valence-electron chi connectivity index (χ2n) is 4.25. The van der Waals surface area contributed by atoms with Crippen molar-refractivity contribution in [1.29, 1.82) is 0 Å². The van der Waals surface area contributed by atoms with Gasteiger partial charge in [0.2, 0.25) is 0 Å². The molecule has 0 radical (unpaired) electrons. The SMILES string of the molecule is Br.Cc1ccc2nc(SCC(=O)c3cccs3)[nH]c2c1. The third-order valence-electron chi connectivity index (χ3n) is 2.75. The number of halogens is 1. The van der Waals surface area contributed by atoms with Crippen LogP contribution in [0.15, 0.2) is 40.9 Å². The van der Waals surface area contributed by atoms with Gasteiger partial charge in [-0.3, -0.25) is 4.79 Å². The first-order valence-corrected chi connectivity index (χ1v) is 7.75. The Balaban J connectivity index is 0.00000147. The van der Waals surface area contributed by atoms with Gasteiger partial charge in [-0.2, -0.15) is 0 Å². The highest BCUT2D eigenvalue weighted by molar-refractivity contribution is 8.93. The minimum Gasteiger partial charge on any atom is -0.333 e. The van der Waals surface area contributed by atoms with Crippen molar-refractivity contribution >= 4 is 56.9 Å². The summed E-state index contributed by atoms with van der Waals surface area (Å²) in [5.41, 5.74) is 3.16. The highest BCUT2D eigenvalue weighted by Crippen LogP contribution is 2.22. The lowest BCUT2D eigenvalue weighted by Gasteiger charge is -1.95. The van der Waals surface area contributed by atoms with Gasteiger partial charge in [0.05, 0.1) is 21.7 Å². The molecule has 0 spiro atoms. The normalized spacial score (nSPS) is 10.4. The van der Waals surface area contributed by atoms with Gasteiger partial charge in [-0.1, -0.05) is 23.9 Å². The summed E-state index contributed by atoms with van der Waals surface area (Å²) in [5.74, 6) is 0.566. The summed E-state index contributed by atoms with van der Waals surface area (Å²) in [7, 11) is 0. The number of ketones is 1. The average Bonchev–Trinajstić information content (AvgIpc) is 3.04. The molecular formula is C14H13BrN2OS2. The fraction of sp³-hybridized carbons (Fsp3) is 0.143. The lowest BCUT2D eigenvalue weighted by atomic mass is 10.2. The molecule has 3 aromatic rings. The van der Waals surface area contributed by atoms with Crippen LogP contribution in [0.25, 0.3) is 11.0 Å². The Bertz CT molecular complexity index is 722. The van der Waals surface area contributed by atoms with Crippen LogP contribution in [0.3, 0.4) is 0 Å². The number of imidazole rings is 1. The molecule has 0 bridgehead atoms. The molecule has 3 nitrogen and oxygen atoms in total. The summed E-state index contributed by atoms with van der Waals surface area (Å²) in [5, 5.41) is 2.72. The van der Waals surface area contributed by atoms with E-state index in [-0.39, 0.29) is 22.8 Å². The number of Topliss-reactive ketones (excluding diaryl/α,β-unsaturated/α-hetero) is 1. The van der Waals surface area contributed by atoms with Crippen molar-refractivity contribution in [1.82, 2.24) is 9.97 Å². The molecule has 0 unspecified atom stereocenters. The van der Waals surface area contributed by atoms with E-state index in [0.29, 0.717) is 5.75 Å². The number of H-pyrrole nitrogens is 1. The molecule has 3 rings (SSSR count). The smallest absolute Gasteiger partial charge is 0.183 e. The van der Waals surface area contributed by atoms with Gasteiger partial charge in [0.1, 0.15) is 0 Å². The lowest BCUT2D eigenvalue weighted by Crippen LogP contribution is -1.99. The maximum atomic E-state index is 11.9. The zero-order chi connectivity index (χ0) is 13.2. The van der Waals surface area contributed by atoms with Crippen LogP contribution in [0.4, 0.5) is 0 Å². The number of thiophene rings is 1. The molecule has 2 heterocycles. The number of nitrogens with one attached hydrogen (secondary N) is 1. The molecule has 1 N–H and O–H groups in total. The van der Waals surface area contributed by atoms with Gasteiger partial charge in [0.15, 0.2) is 10.9 Å². The number of aryl methyl sites for hydroxylation is 1. The summed E-state index contributed by atoms with van der Waals surface area (Å²) < 4.78 is 0. The van der Waals surface area contributed by atoms with Crippen LogP contribution in [-0.2, 0) is 0 Å². The zero-order valence-electron chi connectivity index (χ0n) is 10.8. The molecule has 104 valence electrons. The Kier molecular flexibility index (Phi) is 5.01. The number of aromatic nitrogens is 2. The number of fused-ring (bicyclic) bond motifs is 1. The van der Waals surface area contributed by atoms with Crippen molar-refractivity contribution < 1.29 is 4.79 Å². The molecule has 6 heteroatoms. The predicted molar refractivity (Wildman–Crippen MR) is 90.5 cm³/mol. The summed E-state index contributed by atoms with van der Waals surface area (Å²) >= 11 is 2.93. The van der Waals surface area contributed by atoms with Crippen molar-refractivity contribution in [2.45, 2.75) is 12.1 Å². The molecule has 0 aliphatic rings. The van der Waals surface area contributed by atoms with Crippen LogP contribution >= 0.6 is 40.1 Å². The average molecular weight is 369 g/mol. The summed E-state index contributed by atoms with van der Waals surface area (Å²) in [4.78, 5) is 20.4. The number of benzene rings is 1. The second kappa shape index (κ2) is 6.56. The molecule has 0 amide bonds. The van der Waals surface area contributed by atoms with Crippen LogP contribution in [-0.4, -0.2) is 21.5 Å². The van der Waals surface area contributed by atoms with E-state index in [9.17, 15) is 4.79 Å². The number of rotatable bonds is 4. The summed E-state index contributed by atoms with van der Waals surface area (Å²) in [6.07, 6.45) is 0. The van der Waals surface area contributed by atoms with Gasteiger partial charge in [0.25, 0.3) is 0 Å². The number of hydrogen-bond acceptors (Lipinski definition) is 4. The first-order chi connectivity index (χ1) is 9.22. The van der Waals surface area contributed by atoms with Gasteiger partial charge in [-0.05, 0) is 36.1 Å². The van der Waals surface area contributed by atoms with Crippen molar-refractivity contribution in [3.05, 3.63) is 46.2 Å². The standard InChI is InChI=1S/C14H12N2OS2.BrH/c1-9-4-5-10-11(7-9)16-14(15-10)19-8-12(17)13-3-2-6-18-13;/h2-7H,8H2,1H3,(H,15,16);1H. The Morgan fingerprint density at radius 2 is 2.25 bits per heavy atom. The first-order valence-electron chi connectivity index (χ1n) is 5.88. The molecule has 20 heavy (non-hydrogen) atoms. The third kappa shape index (κ3) is 3.31. The van der Waals surface area contributed by atoms with Crippen LogP contribution in [0.5, 0.6) is 0 Å². The second-order valence-corrected chi connectivity index (χ2v) is 6.16. The van der Waals surface area contributed by atoms with E-state index < -0.39 is 0 Å². The molecule has 0 aliphatic carbocycles. The van der Waals surface area contributed by atoms with E-state index in [0.717, 1.165) is 21.1 Å². The molecule has 0 saturated heterocycles. The van der Waals surface area contributed by atoms with Crippen LogP contribution in [0.1, 0.15) is 15.2 Å². The molecule has 0 atom stereocenters. The molecular weight excluding hydrogens is 356 g/mol. The largest absolute Gasteiger partial charge is 0.333 e. The third-order valence-corrected chi connectivity index (χ3v) is 4.54. The topological polar surface area (TPSA) is 45.8 Å². The van der Waals surface area contributed by atoms with E-state index in [1.807, 2.05) is 36.6 Å². The van der Waals surface area contributed by atoms with Crippen LogP contribution < -0.4 is 0 Å². The minimum absolute atomic E-state index is 0. The number of nitrogens with zero attached hydrogens (tertiary/aromatic N) is 1. The maximum Gasteiger partial charge on any atom is 0.183 e. The van der Waals surface area contributed by atoms with E-state index >= 15 is 0 Å². The Morgan fingerprint density at radius 3 is 3.00 bits per heavy atom.